The molecular formula is C9H12ClF3O3S. The smallest absolute Gasteiger partial charge is 0.262 e. The van der Waals surface area contributed by atoms with Crippen LogP contribution in [0.15, 0.2) is 0 Å². The third kappa shape index (κ3) is 7.47. The topological polar surface area (TPSA) is 43.4 Å². The first-order chi connectivity index (χ1) is 7.81. The van der Waals surface area contributed by atoms with Crippen molar-refractivity contribution in [2.45, 2.75) is 31.2 Å². The van der Waals surface area contributed by atoms with Crippen LogP contribution in [0.5, 0.6) is 0 Å². The van der Waals surface area contributed by atoms with Crippen molar-refractivity contribution in [2.24, 2.45) is 0 Å². The fourth-order valence-electron chi connectivity index (χ4n) is 0.754. The van der Waals surface area contributed by atoms with Crippen LogP contribution in [-0.4, -0.2) is 26.4 Å². The Morgan fingerprint density at radius 1 is 1.12 bits per heavy atom. The molecule has 0 radical (unpaired) electrons. The highest BCUT2D eigenvalue weighted by atomic mass is 35.5. The first-order valence-corrected chi connectivity index (χ1v) is 6.73. The number of hydrogen-bond donors (Lipinski definition) is 0. The number of rotatable bonds is 6. The predicted molar refractivity (Wildman–Crippen MR) is 57.9 cm³/mol. The molecule has 0 unspecified atom stereocenters. The van der Waals surface area contributed by atoms with Gasteiger partial charge in [-0.05, 0) is 12.8 Å². The molecule has 0 aromatic rings. The third-order valence-electron chi connectivity index (χ3n) is 1.56. The van der Waals surface area contributed by atoms with Gasteiger partial charge in [-0.25, -0.2) is 0 Å². The SMILES string of the molecule is O=S(=O)(OCCC#CCCCCCl)C(F)(F)F. The number of halogens is 4. The molecule has 17 heavy (non-hydrogen) atoms. The van der Waals surface area contributed by atoms with E-state index < -0.39 is 22.2 Å². The van der Waals surface area contributed by atoms with Crippen molar-refractivity contribution >= 4 is 21.7 Å². The first-order valence-electron chi connectivity index (χ1n) is 4.78. The fraction of sp³-hybridized carbons (Fsp3) is 0.778. The lowest BCUT2D eigenvalue weighted by Gasteiger charge is -2.06. The molecule has 0 saturated heterocycles. The van der Waals surface area contributed by atoms with E-state index in [4.69, 9.17) is 11.6 Å². The Hall–Kier alpha value is -0.450. The lowest BCUT2D eigenvalue weighted by Crippen LogP contribution is -2.25. The van der Waals surface area contributed by atoms with Gasteiger partial charge in [-0.1, -0.05) is 0 Å². The molecule has 0 saturated carbocycles. The van der Waals surface area contributed by atoms with Crippen LogP contribution in [0.1, 0.15) is 25.7 Å². The van der Waals surface area contributed by atoms with Crippen LogP contribution >= 0.6 is 11.6 Å². The van der Waals surface area contributed by atoms with Crippen molar-refractivity contribution in [3.05, 3.63) is 0 Å². The van der Waals surface area contributed by atoms with Crippen LogP contribution in [0.2, 0.25) is 0 Å². The van der Waals surface area contributed by atoms with Gasteiger partial charge in [0.1, 0.15) is 0 Å². The van der Waals surface area contributed by atoms with Crippen molar-refractivity contribution in [3.63, 3.8) is 0 Å². The predicted octanol–water partition coefficient (Wildman–Crippen LogP) is 2.66. The molecule has 0 aliphatic carbocycles. The fourth-order valence-corrected chi connectivity index (χ4v) is 1.38. The Morgan fingerprint density at radius 3 is 2.24 bits per heavy atom. The third-order valence-corrected chi connectivity index (χ3v) is 2.87. The monoisotopic (exact) mass is 292 g/mol. The van der Waals surface area contributed by atoms with Crippen molar-refractivity contribution in [3.8, 4) is 11.8 Å². The summed E-state index contributed by atoms with van der Waals surface area (Å²) in [5.74, 6) is 5.74. The molecule has 0 aromatic carbocycles. The largest absolute Gasteiger partial charge is 0.523 e. The molecule has 0 aliphatic heterocycles. The molecule has 0 spiro atoms. The Morgan fingerprint density at radius 2 is 1.71 bits per heavy atom. The average Bonchev–Trinajstić information content (AvgIpc) is 2.20. The second-order valence-corrected chi connectivity index (χ2v) is 4.96. The first kappa shape index (κ1) is 16.6. The Kier molecular flexibility index (Phi) is 7.59. The minimum absolute atomic E-state index is 0.0593. The molecule has 8 heteroatoms. The Balaban J connectivity index is 3.79. The molecule has 0 rings (SSSR count). The van der Waals surface area contributed by atoms with E-state index in [9.17, 15) is 21.6 Å². The maximum absolute atomic E-state index is 11.8. The van der Waals surface area contributed by atoms with Crippen molar-refractivity contribution in [1.82, 2.24) is 0 Å². The van der Waals surface area contributed by atoms with Gasteiger partial charge in [0.15, 0.2) is 0 Å². The zero-order chi connectivity index (χ0) is 13.4. The van der Waals surface area contributed by atoms with Crippen LogP contribution in [0, 0.1) is 11.8 Å². The zero-order valence-corrected chi connectivity index (χ0v) is 10.5. The summed E-state index contributed by atoms with van der Waals surface area (Å²) in [5.41, 5.74) is -5.37. The van der Waals surface area contributed by atoms with Gasteiger partial charge in [-0.3, -0.25) is 4.18 Å². The van der Waals surface area contributed by atoms with Crippen molar-refractivity contribution in [1.29, 1.82) is 0 Å². The summed E-state index contributed by atoms with van der Waals surface area (Å²) in [5, 5.41) is 0. The van der Waals surface area contributed by atoms with Crippen molar-refractivity contribution < 1.29 is 25.8 Å². The number of hydrogen-bond acceptors (Lipinski definition) is 3. The van der Waals surface area contributed by atoms with Gasteiger partial charge >= 0.3 is 15.6 Å². The van der Waals surface area contributed by atoms with E-state index in [2.05, 4.69) is 16.0 Å². The lowest BCUT2D eigenvalue weighted by atomic mass is 10.2. The number of unbranched alkanes of at least 4 members (excludes halogenated alkanes) is 2. The number of alkyl halides is 4. The second-order valence-electron chi connectivity index (χ2n) is 2.97. The summed E-state index contributed by atoms with van der Waals surface area (Å²) < 4.78 is 59.9. The summed E-state index contributed by atoms with van der Waals surface area (Å²) in [6.07, 6.45) is 2.14. The second kappa shape index (κ2) is 7.80. The molecular weight excluding hydrogens is 281 g/mol. The van der Waals surface area contributed by atoms with Gasteiger partial charge in [0.2, 0.25) is 0 Å². The minimum atomic E-state index is -5.48. The van der Waals surface area contributed by atoms with E-state index in [-0.39, 0.29) is 6.42 Å². The molecule has 3 nitrogen and oxygen atoms in total. The lowest BCUT2D eigenvalue weighted by molar-refractivity contribution is -0.0540. The van der Waals surface area contributed by atoms with E-state index in [1.165, 1.54) is 0 Å². The van der Waals surface area contributed by atoms with Crippen LogP contribution in [0.25, 0.3) is 0 Å². The van der Waals surface area contributed by atoms with Crippen LogP contribution in [0.4, 0.5) is 13.2 Å². The molecule has 0 aromatic heterocycles. The van der Waals surface area contributed by atoms with Gasteiger partial charge in [-0.15, -0.1) is 23.4 Å². The standard InChI is InChI=1S/C9H12ClF3O3S/c10-7-5-3-1-2-4-6-8-16-17(14,15)9(11,12)13/h1,3,5-8H2. The van der Waals surface area contributed by atoms with Gasteiger partial charge in [0.05, 0.1) is 6.61 Å². The van der Waals surface area contributed by atoms with Crippen LogP contribution < -0.4 is 0 Å². The summed E-state index contributed by atoms with van der Waals surface area (Å²) in [7, 11) is -5.48. The molecule has 0 fully saturated rings. The quantitative estimate of drug-likeness (QED) is 0.248. The molecule has 0 atom stereocenters. The summed E-state index contributed by atoms with van der Waals surface area (Å²) in [4.78, 5) is 0. The van der Waals surface area contributed by atoms with Gasteiger partial charge in [-0.2, -0.15) is 21.6 Å². The molecule has 0 N–H and O–H groups in total. The normalized spacial score (nSPS) is 12.0. The Bertz CT molecular complexity index is 367. The van der Waals surface area contributed by atoms with Gasteiger partial charge in [0, 0.05) is 18.7 Å². The highest BCUT2D eigenvalue weighted by Gasteiger charge is 2.47. The molecule has 0 heterocycles. The van der Waals surface area contributed by atoms with Crippen LogP contribution in [-0.2, 0) is 14.3 Å². The van der Waals surface area contributed by atoms with E-state index >= 15 is 0 Å². The zero-order valence-electron chi connectivity index (χ0n) is 8.89. The van der Waals surface area contributed by atoms with Gasteiger partial charge in [0.25, 0.3) is 0 Å². The van der Waals surface area contributed by atoms with E-state index in [1.54, 1.807) is 0 Å². The average molecular weight is 293 g/mol. The highest BCUT2D eigenvalue weighted by molar-refractivity contribution is 7.87. The van der Waals surface area contributed by atoms with Gasteiger partial charge < -0.3 is 0 Å². The molecule has 0 bridgehead atoms. The van der Waals surface area contributed by atoms with Crippen LogP contribution in [0.3, 0.4) is 0 Å². The minimum Gasteiger partial charge on any atom is -0.262 e. The summed E-state index contributed by atoms with van der Waals surface area (Å²) in [6.45, 7) is -0.593. The highest BCUT2D eigenvalue weighted by Crippen LogP contribution is 2.24. The molecule has 0 amide bonds. The van der Waals surface area contributed by atoms with E-state index in [0.29, 0.717) is 12.3 Å². The van der Waals surface area contributed by atoms with Crippen molar-refractivity contribution in [2.75, 3.05) is 12.5 Å². The maximum Gasteiger partial charge on any atom is 0.523 e. The molecule has 0 aliphatic rings. The molecule has 100 valence electrons. The Labute approximate surface area is 103 Å². The maximum atomic E-state index is 11.8. The van der Waals surface area contributed by atoms with E-state index in [0.717, 1.165) is 12.8 Å². The summed E-state index contributed by atoms with van der Waals surface area (Å²) in [6, 6.07) is 0. The van der Waals surface area contributed by atoms with E-state index in [1.807, 2.05) is 0 Å². The summed E-state index contributed by atoms with van der Waals surface area (Å²) >= 11 is 5.42.